The van der Waals surface area contributed by atoms with Gasteiger partial charge < -0.3 is 4.57 Å². The van der Waals surface area contributed by atoms with E-state index in [0.29, 0.717) is 4.91 Å². The van der Waals surface area contributed by atoms with Crippen LogP contribution < -0.4 is 0 Å². The number of aromatic nitrogens is 1. The number of hydrogen-bond acceptors (Lipinski definition) is 3. The molecule has 0 radical (unpaired) electrons. The van der Waals surface area contributed by atoms with Gasteiger partial charge in [-0.2, -0.15) is 0 Å². The third-order valence-corrected chi connectivity index (χ3v) is 6.50. The highest BCUT2D eigenvalue weighted by atomic mass is 32.2. The van der Waals surface area contributed by atoms with Crippen molar-refractivity contribution in [1.82, 2.24) is 9.47 Å². The Morgan fingerprint density at radius 2 is 1.79 bits per heavy atom. The van der Waals surface area contributed by atoms with Crippen molar-refractivity contribution in [1.29, 1.82) is 0 Å². The van der Waals surface area contributed by atoms with Crippen LogP contribution in [0.3, 0.4) is 0 Å². The Morgan fingerprint density at radius 3 is 2.55 bits per heavy atom. The molecule has 2 amide bonds. The van der Waals surface area contributed by atoms with E-state index >= 15 is 0 Å². The zero-order valence-electron chi connectivity index (χ0n) is 17.1. The van der Waals surface area contributed by atoms with Gasteiger partial charge in [-0.25, -0.2) is 0 Å². The van der Waals surface area contributed by atoms with Crippen LogP contribution in [0.15, 0.2) is 53.4 Å². The Bertz CT molecular complexity index is 1150. The number of benzene rings is 2. The smallest absolute Gasteiger partial charge is 0.293 e. The van der Waals surface area contributed by atoms with Gasteiger partial charge in [0.1, 0.15) is 0 Å². The van der Waals surface area contributed by atoms with Crippen molar-refractivity contribution in [2.45, 2.75) is 40.2 Å². The first-order valence-corrected chi connectivity index (χ1v) is 10.7. The minimum absolute atomic E-state index is 0.0866. The van der Waals surface area contributed by atoms with Crippen molar-refractivity contribution in [3.8, 4) is 5.69 Å². The summed E-state index contributed by atoms with van der Waals surface area (Å²) in [6.45, 7) is 8.01. The lowest BCUT2D eigenvalue weighted by atomic mass is 10.1. The predicted molar refractivity (Wildman–Crippen MR) is 120 cm³/mol. The summed E-state index contributed by atoms with van der Waals surface area (Å²) in [6, 6.07) is 16.6. The third-order valence-electron chi connectivity index (χ3n) is 5.62. The van der Waals surface area contributed by atoms with Gasteiger partial charge in [-0.1, -0.05) is 43.3 Å². The highest BCUT2D eigenvalue weighted by Crippen LogP contribution is 2.35. The summed E-state index contributed by atoms with van der Waals surface area (Å²) in [5.74, 6) is -0.190. The zero-order valence-corrected chi connectivity index (χ0v) is 17.9. The van der Waals surface area contributed by atoms with Crippen LogP contribution in [0.25, 0.3) is 22.5 Å². The average molecular weight is 405 g/mol. The van der Waals surface area contributed by atoms with Gasteiger partial charge in [-0.15, -0.1) is 0 Å². The van der Waals surface area contributed by atoms with Crippen LogP contribution in [0.5, 0.6) is 0 Å². The Morgan fingerprint density at radius 1 is 1.07 bits per heavy atom. The van der Waals surface area contributed by atoms with Crippen molar-refractivity contribution < 1.29 is 9.59 Å². The molecule has 148 valence electrons. The number of nitrogens with zero attached hydrogens (tertiary/aromatic N) is 2. The van der Waals surface area contributed by atoms with Crippen LogP contribution in [0.4, 0.5) is 4.79 Å². The monoisotopic (exact) mass is 404 g/mol. The molecule has 1 atom stereocenters. The minimum atomic E-state index is -0.190. The van der Waals surface area contributed by atoms with Gasteiger partial charge >= 0.3 is 0 Å². The van der Waals surface area contributed by atoms with Crippen LogP contribution in [-0.4, -0.2) is 26.7 Å². The SMILES string of the molecule is CC[C@@H](C)N1C(=O)S/C(=C/c2cc(C)n(-c3cccc4ccccc34)c2C)C1=O. The number of thioether (sulfide) groups is 1. The number of hydrogen-bond donors (Lipinski definition) is 0. The molecule has 1 aliphatic heterocycles. The maximum absolute atomic E-state index is 12.8. The normalized spacial score (nSPS) is 17.0. The number of aryl methyl sites for hydroxylation is 1. The van der Waals surface area contributed by atoms with E-state index in [0.717, 1.165) is 40.8 Å². The maximum Gasteiger partial charge on any atom is 0.293 e. The topological polar surface area (TPSA) is 42.3 Å². The van der Waals surface area contributed by atoms with Gasteiger partial charge in [-0.05, 0) is 68.1 Å². The standard InChI is InChI=1S/C24H24N2O2S/c1-5-15(2)26-23(27)22(29-24(26)28)14-19-13-16(3)25(17(19)4)21-12-8-10-18-9-6-7-11-20(18)21/h6-15H,5H2,1-4H3/b22-14+/t15-/m1/s1. The number of carbonyl (C=O) groups is 2. The molecule has 0 aliphatic carbocycles. The number of imide groups is 1. The van der Waals surface area contributed by atoms with Gasteiger partial charge in [0.2, 0.25) is 0 Å². The van der Waals surface area contributed by atoms with E-state index in [9.17, 15) is 9.59 Å². The van der Waals surface area contributed by atoms with Gasteiger partial charge in [0.15, 0.2) is 0 Å². The molecule has 0 unspecified atom stereocenters. The van der Waals surface area contributed by atoms with Crippen molar-refractivity contribution in [3.05, 3.63) is 70.4 Å². The molecule has 29 heavy (non-hydrogen) atoms. The summed E-state index contributed by atoms with van der Waals surface area (Å²) < 4.78 is 2.22. The fourth-order valence-electron chi connectivity index (χ4n) is 3.89. The highest BCUT2D eigenvalue weighted by Gasteiger charge is 2.37. The summed E-state index contributed by atoms with van der Waals surface area (Å²) in [7, 11) is 0. The van der Waals surface area contributed by atoms with E-state index < -0.39 is 0 Å². The fourth-order valence-corrected chi connectivity index (χ4v) is 4.81. The lowest BCUT2D eigenvalue weighted by Gasteiger charge is -2.19. The maximum atomic E-state index is 12.8. The Labute approximate surface area is 175 Å². The summed E-state index contributed by atoms with van der Waals surface area (Å²) in [4.78, 5) is 27.0. The Hall–Kier alpha value is -2.79. The van der Waals surface area contributed by atoms with Crippen molar-refractivity contribution in [3.63, 3.8) is 0 Å². The first kappa shape index (κ1) is 19.5. The van der Waals surface area contributed by atoms with Crippen LogP contribution >= 0.6 is 11.8 Å². The first-order valence-electron chi connectivity index (χ1n) is 9.86. The Balaban J connectivity index is 1.78. The van der Waals surface area contributed by atoms with E-state index in [1.165, 1.54) is 15.7 Å². The quantitative estimate of drug-likeness (QED) is 0.495. The van der Waals surface area contributed by atoms with Crippen LogP contribution in [0, 0.1) is 13.8 Å². The van der Waals surface area contributed by atoms with Crippen molar-refractivity contribution in [2.24, 2.45) is 0 Å². The van der Waals surface area contributed by atoms with E-state index in [1.54, 1.807) is 0 Å². The van der Waals surface area contributed by atoms with Gasteiger partial charge in [0.25, 0.3) is 11.1 Å². The molecule has 5 heteroatoms. The predicted octanol–water partition coefficient (Wildman–Crippen LogP) is 6.08. The second kappa shape index (κ2) is 7.56. The van der Waals surface area contributed by atoms with E-state index in [2.05, 4.69) is 54.8 Å². The molecule has 1 aliphatic rings. The molecule has 0 bridgehead atoms. The third kappa shape index (κ3) is 3.29. The summed E-state index contributed by atoms with van der Waals surface area (Å²) in [5.41, 5.74) is 4.22. The molecular formula is C24H24N2O2S. The average Bonchev–Trinajstić information content (AvgIpc) is 3.15. The molecule has 0 spiro atoms. The summed E-state index contributed by atoms with van der Waals surface area (Å²) in [5, 5.41) is 2.19. The molecule has 2 aromatic carbocycles. The molecule has 2 heterocycles. The van der Waals surface area contributed by atoms with Crippen molar-refractivity contribution in [2.75, 3.05) is 0 Å². The molecular weight excluding hydrogens is 380 g/mol. The fraction of sp³-hybridized carbons (Fsp3) is 0.250. The van der Waals surface area contributed by atoms with Crippen LogP contribution in [0.2, 0.25) is 0 Å². The minimum Gasteiger partial charge on any atom is -0.317 e. The van der Waals surface area contributed by atoms with E-state index in [-0.39, 0.29) is 17.2 Å². The Kier molecular flexibility index (Phi) is 5.09. The number of rotatable bonds is 4. The molecule has 1 saturated heterocycles. The first-order chi connectivity index (χ1) is 13.9. The number of amides is 2. The van der Waals surface area contributed by atoms with E-state index in [1.807, 2.05) is 32.1 Å². The zero-order chi connectivity index (χ0) is 20.7. The number of carbonyl (C=O) groups excluding carboxylic acids is 2. The summed E-state index contributed by atoms with van der Waals surface area (Å²) >= 11 is 1.03. The van der Waals surface area contributed by atoms with Crippen molar-refractivity contribution >= 4 is 39.8 Å². The highest BCUT2D eigenvalue weighted by molar-refractivity contribution is 8.18. The molecule has 1 fully saturated rings. The second-order valence-electron chi connectivity index (χ2n) is 7.47. The van der Waals surface area contributed by atoms with Gasteiger partial charge in [0.05, 0.1) is 10.6 Å². The molecule has 3 aromatic rings. The van der Waals surface area contributed by atoms with Crippen LogP contribution in [0.1, 0.15) is 37.2 Å². The molecule has 0 saturated carbocycles. The lowest BCUT2D eigenvalue weighted by Crippen LogP contribution is -2.36. The van der Waals surface area contributed by atoms with Gasteiger partial charge in [-0.3, -0.25) is 14.5 Å². The molecule has 1 aromatic heterocycles. The second-order valence-corrected chi connectivity index (χ2v) is 8.46. The van der Waals surface area contributed by atoms with Crippen LogP contribution in [-0.2, 0) is 4.79 Å². The summed E-state index contributed by atoms with van der Waals surface area (Å²) in [6.07, 6.45) is 2.61. The number of fused-ring (bicyclic) bond motifs is 1. The van der Waals surface area contributed by atoms with Gasteiger partial charge in [0, 0.05) is 22.8 Å². The molecule has 4 nitrogen and oxygen atoms in total. The molecule has 4 rings (SSSR count). The largest absolute Gasteiger partial charge is 0.317 e. The van der Waals surface area contributed by atoms with E-state index in [4.69, 9.17) is 0 Å². The molecule has 0 N–H and O–H groups in total. The lowest BCUT2D eigenvalue weighted by molar-refractivity contribution is -0.124.